The van der Waals surface area contributed by atoms with Gasteiger partial charge in [0.2, 0.25) is 11.8 Å². The lowest BCUT2D eigenvalue weighted by molar-refractivity contribution is -0.138. The molecule has 0 bridgehead atoms. The maximum Gasteiger partial charge on any atom is 0.305 e. The molecule has 11 nitrogen and oxygen atoms in total. The van der Waals surface area contributed by atoms with E-state index < -0.39 is 46.8 Å². The number of rotatable bonds is 11. The van der Waals surface area contributed by atoms with E-state index >= 15 is 0 Å². The second-order valence-electron chi connectivity index (χ2n) is 7.04. The van der Waals surface area contributed by atoms with Crippen molar-refractivity contribution in [2.75, 3.05) is 32.2 Å². The molecule has 2 aliphatic heterocycles. The van der Waals surface area contributed by atoms with Crippen LogP contribution in [0.4, 0.5) is 0 Å². The molecule has 2 aliphatic rings. The van der Waals surface area contributed by atoms with Gasteiger partial charge < -0.3 is 19.1 Å². The number of hydrogen-bond donors (Lipinski definition) is 2. The van der Waals surface area contributed by atoms with E-state index in [9.17, 15) is 28.5 Å². The van der Waals surface area contributed by atoms with Crippen LogP contribution >= 0.6 is 0 Å². The van der Waals surface area contributed by atoms with Gasteiger partial charge in [-0.15, -0.1) is 0 Å². The van der Waals surface area contributed by atoms with Crippen molar-refractivity contribution in [2.45, 2.75) is 30.2 Å². The number of carboxylic acids is 1. The molecule has 0 saturated carbocycles. The van der Waals surface area contributed by atoms with Gasteiger partial charge in [0, 0.05) is 6.42 Å². The highest BCUT2D eigenvalue weighted by molar-refractivity contribution is 7.91. The Morgan fingerprint density at radius 3 is 2.53 bits per heavy atom. The number of fused-ring (bicyclic) bond motifs is 1. The van der Waals surface area contributed by atoms with Crippen molar-refractivity contribution in [3.63, 3.8) is 0 Å². The van der Waals surface area contributed by atoms with Gasteiger partial charge in [-0.1, -0.05) is 6.07 Å². The highest BCUT2D eigenvalue weighted by Crippen LogP contribution is 2.32. The maximum absolute atomic E-state index is 13.0. The highest BCUT2D eigenvalue weighted by Gasteiger charge is 2.47. The van der Waals surface area contributed by atoms with E-state index in [2.05, 4.69) is 5.32 Å². The minimum atomic E-state index is -1.65. The Morgan fingerprint density at radius 2 is 1.84 bits per heavy atom. The minimum Gasteiger partial charge on any atom is -0.611 e. The fourth-order valence-electron chi connectivity index (χ4n) is 3.40. The van der Waals surface area contributed by atoms with Crippen LogP contribution in [-0.4, -0.2) is 82.4 Å². The minimum absolute atomic E-state index is 0.00228. The molecular formula is C20H22N2O9S. The summed E-state index contributed by atoms with van der Waals surface area (Å²) in [7, 11) is 0. The Labute approximate surface area is 186 Å². The third-order valence-corrected chi connectivity index (χ3v) is 6.29. The lowest BCUT2D eigenvalue weighted by Crippen LogP contribution is -2.54. The van der Waals surface area contributed by atoms with Gasteiger partial charge in [-0.3, -0.25) is 34.2 Å². The number of benzene rings is 1. The fraction of sp³-hybridized carbons (Fsp3) is 0.450. The zero-order valence-electron chi connectivity index (χ0n) is 17.0. The number of carbonyl (C=O) groups is 5. The van der Waals surface area contributed by atoms with E-state index in [1.165, 1.54) is 18.2 Å². The van der Waals surface area contributed by atoms with E-state index in [1.807, 2.05) is 0 Å². The van der Waals surface area contributed by atoms with Crippen molar-refractivity contribution >= 4 is 40.8 Å². The monoisotopic (exact) mass is 466 g/mol. The standard InChI is InChI=1S/C20H22N2O9S/c23-15-5-4-13(18(26)21-15)22-19(27)12-2-1-3-14(17(12)20(22)28)32(29)11-10-31-9-8-30-7-6-16(24)25/h1-3,13H,4-11H2,(H,24,25)(H,21,23,26). The van der Waals surface area contributed by atoms with Crippen molar-refractivity contribution in [1.82, 2.24) is 10.2 Å². The van der Waals surface area contributed by atoms with Gasteiger partial charge in [0.05, 0.1) is 38.4 Å². The van der Waals surface area contributed by atoms with Crippen LogP contribution in [0.1, 0.15) is 40.0 Å². The summed E-state index contributed by atoms with van der Waals surface area (Å²) < 4.78 is 23.2. The molecule has 0 spiro atoms. The molecule has 1 saturated heterocycles. The number of imide groups is 2. The van der Waals surface area contributed by atoms with E-state index in [0.717, 1.165) is 4.90 Å². The van der Waals surface area contributed by atoms with Gasteiger partial charge in [-0.25, -0.2) is 0 Å². The van der Waals surface area contributed by atoms with Crippen LogP contribution in [0.5, 0.6) is 0 Å². The summed E-state index contributed by atoms with van der Waals surface area (Å²) in [5, 5.41) is 10.6. The molecule has 12 heteroatoms. The Bertz CT molecular complexity index is 936. The third-order valence-electron chi connectivity index (χ3n) is 4.92. The van der Waals surface area contributed by atoms with Gasteiger partial charge in [0.15, 0.2) is 4.90 Å². The third kappa shape index (κ3) is 5.33. The lowest BCUT2D eigenvalue weighted by Gasteiger charge is -2.27. The van der Waals surface area contributed by atoms with E-state index in [-0.39, 0.29) is 67.5 Å². The van der Waals surface area contributed by atoms with Crippen LogP contribution in [0, 0.1) is 0 Å². The van der Waals surface area contributed by atoms with Crippen LogP contribution in [-0.2, 0) is 35.0 Å². The Morgan fingerprint density at radius 1 is 1.12 bits per heavy atom. The van der Waals surface area contributed by atoms with E-state index in [4.69, 9.17) is 14.6 Å². The van der Waals surface area contributed by atoms with Crippen molar-refractivity contribution in [2.24, 2.45) is 0 Å². The quantitative estimate of drug-likeness (QED) is 0.253. The second-order valence-corrected chi connectivity index (χ2v) is 8.58. The summed E-state index contributed by atoms with van der Waals surface area (Å²) in [4.78, 5) is 60.7. The molecule has 2 N–H and O–H groups in total. The maximum atomic E-state index is 13.0. The number of piperidine rings is 1. The van der Waals surface area contributed by atoms with Gasteiger partial charge >= 0.3 is 5.97 Å². The van der Waals surface area contributed by atoms with Crippen molar-refractivity contribution in [3.05, 3.63) is 29.3 Å². The number of aliphatic carboxylic acids is 1. The van der Waals surface area contributed by atoms with Crippen LogP contribution in [0.25, 0.3) is 0 Å². The molecular weight excluding hydrogens is 444 g/mol. The summed E-state index contributed by atoms with van der Waals surface area (Å²) in [6.45, 7) is 0.539. The van der Waals surface area contributed by atoms with Crippen molar-refractivity contribution in [3.8, 4) is 0 Å². The van der Waals surface area contributed by atoms with Crippen LogP contribution in [0.2, 0.25) is 0 Å². The first-order chi connectivity index (χ1) is 15.3. The van der Waals surface area contributed by atoms with E-state index in [0.29, 0.717) is 0 Å². The predicted molar refractivity (Wildman–Crippen MR) is 108 cm³/mol. The highest BCUT2D eigenvalue weighted by atomic mass is 32.2. The van der Waals surface area contributed by atoms with Crippen LogP contribution in [0.3, 0.4) is 0 Å². The summed E-state index contributed by atoms with van der Waals surface area (Å²) in [5.41, 5.74) is 0.0656. The number of carboxylic acid groups (broad SMARTS) is 1. The largest absolute Gasteiger partial charge is 0.611 e. The van der Waals surface area contributed by atoms with Gasteiger partial charge in [-0.05, 0) is 29.7 Å². The Hall–Kier alpha value is -2.80. The number of amides is 4. The Kier molecular flexibility index (Phi) is 7.96. The van der Waals surface area contributed by atoms with Crippen LogP contribution in [0.15, 0.2) is 23.1 Å². The first-order valence-corrected chi connectivity index (χ1v) is 11.2. The lowest BCUT2D eigenvalue weighted by atomic mass is 10.0. The fourth-order valence-corrected chi connectivity index (χ4v) is 4.54. The molecule has 1 aromatic rings. The molecule has 4 amide bonds. The first-order valence-electron chi connectivity index (χ1n) is 9.91. The summed E-state index contributed by atoms with van der Waals surface area (Å²) in [6, 6.07) is 3.35. The molecule has 1 aromatic carbocycles. The molecule has 0 radical (unpaired) electrons. The van der Waals surface area contributed by atoms with E-state index in [1.54, 1.807) is 0 Å². The van der Waals surface area contributed by atoms with Crippen molar-refractivity contribution < 1.29 is 43.1 Å². The number of hydrogen-bond acceptors (Lipinski definition) is 8. The number of nitrogens with zero attached hydrogens (tertiary/aromatic N) is 1. The zero-order valence-corrected chi connectivity index (χ0v) is 17.9. The first kappa shape index (κ1) is 23.9. The molecule has 32 heavy (non-hydrogen) atoms. The second kappa shape index (κ2) is 10.7. The number of ether oxygens (including phenoxy) is 2. The molecule has 1 fully saturated rings. The van der Waals surface area contributed by atoms with Crippen LogP contribution < -0.4 is 5.32 Å². The van der Waals surface area contributed by atoms with Gasteiger partial charge in [-0.2, -0.15) is 0 Å². The summed E-state index contributed by atoms with van der Waals surface area (Å²) in [6.07, 6.45) is -0.0530. The molecule has 0 aliphatic carbocycles. The molecule has 0 aromatic heterocycles. The zero-order chi connectivity index (χ0) is 23.3. The SMILES string of the molecule is O=C(O)CCOCCOCC[S+]([O-])c1cccc2c1C(=O)N(C1CCC(=O)NC1=O)C2=O. The van der Waals surface area contributed by atoms with Crippen molar-refractivity contribution in [1.29, 1.82) is 0 Å². The molecule has 2 unspecified atom stereocenters. The average molecular weight is 466 g/mol. The summed E-state index contributed by atoms with van der Waals surface area (Å²) >= 11 is -1.65. The molecule has 172 valence electrons. The normalized spacial score (nSPS) is 19.2. The smallest absolute Gasteiger partial charge is 0.305 e. The molecule has 3 rings (SSSR count). The topological polar surface area (TPSA) is 162 Å². The van der Waals surface area contributed by atoms with Gasteiger partial charge in [0.1, 0.15) is 17.4 Å². The molecule has 2 heterocycles. The molecule has 2 atom stereocenters. The Balaban J connectivity index is 1.59. The average Bonchev–Trinajstić information content (AvgIpc) is 3.00. The number of nitrogens with one attached hydrogen (secondary N) is 1. The predicted octanol–water partition coefficient (Wildman–Crippen LogP) is -0.297. The van der Waals surface area contributed by atoms with Gasteiger partial charge in [0.25, 0.3) is 11.8 Å². The summed E-state index contributed by atoms with van der Waals surface area (Å²) in [5.74, 6) is -3.44. The number of carbonyl (C=O) groups excluding carboxylic acids is 4.